The summed E-state index contributed by atoms with van der Waals surface area (Å²) in [6.07, 6.45) is 8.29. The van der Waals surface area contributed by atoms with Crippen LogP contribution < -0.4 is 5.32 Å². The maximum Gasteiger partial charge on any atom is 0.141 e. The molecular formula is C15H17BrFN3. The van der Waals surface area contributed by atoms with Crippen LogP contribution in [0.3, 0.4) is 0 Å². The lowest BCUT2D eigenvalue weighted by molar-refractivity contribution is 0.521. The molecule has 0 amide bonds. The normalized spacial score (nSPS) is 12.3. The van der Waals surface area contributed by atoms with Gasteiger partial charge in [-0.3, -0.25) is 9.97 Å². The molecule has 20 heavy (non-hydrogen) atoms. The predicted molar refractivity (Wildman–Crippen MR) is 80.9 cm³/mol. The summed E-state index contributed by atoms with van der Waals surface area (Å²) in [5, 5.41) is 3.43. The Labute approximate surface area is 126 Å². The van der Waals surface area contributed by atoms with Crippen molar-refractivity contribution < 1.29 is 4.39 Å². The van der Waals surface area contributed by atoms with Gasteiger partial charge in [0.15, 0.2) is 0 Å². The molecule has 2 rings (SSSR count). The van der Waals surface area contributed by atoms with Crippen LogP contribution in [0.4, 0.5) is 4.39 Å². The van der Waals surface area contributed by atoms with Crippen LogP contribution in [0.5, 0.6) is 0 Å². The van der Waals surface area contributed by atoms with Crippen molar-refractivity contribution in [2.45, 2.75) is 25.8 Å². The van der Waals surface area contributed by atoms with Crippen molar-refractivity contribution in [3.8, 4) is 0 Å². The number of nitrogens with one attached hydrogen (secondary N) is 1. The molecule has 0 aliphatic rings. The fraction of sp³-hybridized carbons (Fsp3) is 0.333. The third-order valence-electron chi connectivity index (χ3n) is 2.97. The Bertz CT molecular complexity index is 562. The Morgan fingerprint density at radius 2 is 2.00 bits per heavy atom. The lowest BCUT2D eigenvalue weighted by Gasteiger charge is -2.19. The van der Waals surface area contributed by atoms with Crippen LogP contribution in [0.2, 0.25) is 0 Å². The Morgan fingerprint density at radius 3 is 2.70 bits per heavy atom. The van der Waals surface area contributed by atoms with Crippen LogP contribution in [0, 0.1) is 5.82 Å². The van der Waals surface area contributed by atoms with E-state index in [1.807, 2.05) is 12.3 Å². The van der Waals surface area contributed by atoms with Crippen molar-refractivity contribution in [3.05, 3.63) is 58.3 Å². The topological polar surface area (TPSA) is 37.8 Å². The van der Waals surface area contributed by atoms with E-state index in [1.54, 1.807) is 12.4 Å². The predicted octanol–water partition coefficient (Wildman–Crippen LogP) is 3.66. The summed E-state index contributed by atoms with van der Waals surface area (Å²) < 4.78 is 14.3. The highest BCUT2D eigenvalue weighted by atomic mass is 79.9. The summed E-state index contributed by atoms with van der Waals surface area (Å²) in [7, 11) is 0. The minimum atomic E-state index is -0.307. The zero-order chi connectivity index (χ0) is 14.4. The Morgan fingerprint density at radius 1 is 1.20 bits per heavy atom. The molecule has 0 fully saturated rings. The van der Waals surface area contributed by atoms with Gasteiger partial charge in [0.25, 0.3) is 0 Å². The van der Waals surface area contributed by atoms with E-state index in [2.05, 4.69) is 38.1 Å². The van der Waals surface area contributed by atoms with Crippen molar-refractivity contribution in [3.63, 3.8) is 0 Å². The van der Waals surface area contributed by atoms with Crippen LogP contribution in [0.15, 0.2) is 41.4 Å². The lowest BCUT2D eigenvalue weighted by atomic mass is 10.0. The smallest absolute Gasteiger partial charge is 0.141 e. The largest absolute Gasteiger partial charge is 0.310 e. The highest BCUT2D eigenvalue weighted by molar-refractivity contribution is 9.10. The molecule has 0 spiro atoms. The van der Waals surface area contributed by atoms with Crippen LogP contribution in [-0.4, -0.2) is 16.5 Å². The standard InChI is InChI=1S/C15H17BrFN3/c1-2-3-20-15(12-6-14(17)10-19-8-12)5-11-4-13(16)9-18-7-11/h4,6-10,15,20H,2-3,5H2,1H3. The molecule has 1 N–H and O–H groups in total. The molecule has 106 valence electrons. The van der Waals surface area contributed by atoms with Crippen molar-refractivity contribution in [1.29, 1.82) is 0 Å². The van der Waals surface area contributed by atoms with Crippen molar-refractivity contribution in [2.24, 2.45) is 0 Å². The van der Waals surface area contributed by atoms with Gasteiger partial charge >= 0.3 is 0 Å². The highest BCUT2D eigenvalue weighted by Gasteiger charge is 2.13. The molecule has 0 radical (unpaired) electrons. The van der Waals surface area contributed by atoms with Gasteiger partial charge in [-0.05, 0) is 58.6 Å². The fourth-order valence-electron chi connectivity index (χ4n) is 2.05. The number of hydrogen-bond acceptors (Lipinski definition) is 3. The first-order chi connectivity index (χ1) is 9.69. The summed E-state index contributed by atoms with van der Waals surface area (Å²) >= 11 is 3.42. The van der Waals surface area contributed by atoms with Crippen LogP contribution in [0.25, 0.3) is 0 Å². The fourth-order valence-corrected chi connectivity index (χ4v) is 2.46. The summed E-state index contributed by atoms with van der Waals surface area (Å²) in [6.45, 7) is 2.98. The second-order valence-corrected chi connectivity index (χ2v) is 5.57. The molecule has 2 aromatic rings. The van der Waals surface area contributed by atoms with E-state index in [0.29, 0.717) is 0 Å². The molecule has 1 atom stereocenters. The van der Waals surface area contributed by atoms with Crippen molar-refractivity contribution in [2.75, 3.05) is 6.54 Å². The third-order valence-corrected chi connectivity index (χ3v) is 3.40. The average Bonchev–Trinajstić information content (AvgIpc) is 2.43. The van der Waals surface area contributed by atoms with Gasteiger partial charge < -0.3 is 5.32 Å². The SMILES string of the molecule is CCCNC(Cc1cncc(Br)c1)c1cncc(F)c1. The molecule has 0 aliphatic heterocycles. The third kappa shape index (κ3) is 4.35. The Hall–Kier alpha value is -1.33. The quantitative estimate of drug-likeness (QED) is 0.873. The number of nitrogens with zero attached hydrogens (tertiary/aromatic N) is 2. The van der Waals surface area contributed by atoms with Crippen molar-refractivity contribution >= 4 is 15.9 Å². The summed E-state index contributed by atoms with van der Waals surface area (Å²) in [6, 6.07) is 3.60. The van der Waals surface area contributed by atoms with Crippen molar-refractivity contribution in [1.82, 2.24) is 15.3 Å². The number of halogens is 2. The van der Waals surface area contributed by atoms with E-state index in [0.717, 1.165) is 35.0 Å². The molecule has 0 saturated carbocycles. The molecule has 2 aromatic heterocycles. The van der Waals surface area contributed by atoms with Crippen LogP contribution in [0.1, 0.15) is 30.5 Å². The molecule has 0 saturated heterocycles. The van der Waals surface area contributed by atoms with E-state index in [1.165, 1.54) is 12.3 Å². The average molecular weight is 338 g/mol. The minimum Gasteiger partial charge on any atom is -0.310 e. The van der Waals surface area contributed by atoms with Gasteiger partial charge in [-0.25, -0.2) is 4.39 Å². The first-order valence-corrected chi connectivity index (χ1v) is 7.41. The number of rotatable bonds is 6. The molecule has 2 heterocycles. The van der Waals surface area contributed by atoms with Gasteiger partial charge in [0.2, 0.25) is 0 Å². The van der Waals surface area contributed by atoms with Gasteiger partial charge in [-0.15, -0.1) is 0 Å². The number of hydrogen-bond donors (Lipinski definition) is 1. The number of pyridine rings is 2. The minimum absolute atomic E-state index is 0.0363. The second kappa shape index (κ2) is 7.45. The first-order valence-electron chi connectivity index (χ1n) is 6.62. The van der Waals surface area contributed by atoms with E-state index < -0.39 is 0 Å². The van der Waals surface area contributed by atoms with Gasteiger partial charge in [-0.1, -0.05) is 6.92 Å². The second-order valence-electron chi connectivity index (χ2n) is 4.66. The summed E-state index contributed by atoms with van der Waals surface area (Å²) in [5.74, 6) is -0.307. The van der Waals surface area contributed by atoms with E-state index >= 15 is 0 Å². The van der Waals surface area contributed by atoms with E-state index in [9.17, 15) is 4.39 Å². The Kier molecular flexibility index (Phi) is 5.61. The van der Waals surface area contributed by atoms with Gasteiger partial charge in [0.1, 0.15) is 5.82 Å². The van der Waals surface area contributed by atoms with Gasteiger partial charge in [0, 0.05) is 29.1 Å². The number of aromatic nitrogens is 2. The first kappa shape index (κ1) is 15.1. The maximum absolute atomic E-state index is 13.3. The summed E-state index contributed by atoms with van der Waals surface area (Å²) in [4.78, 5) is 8.10. The van der Waals surface area contributed by atoms with E-state index in [4.69, 9.17) is 0 Å². The van der Waals surface area contributed by atoms with Gasteiger partial charge in [0.05, 0.1) is 6.20 Å². The summed E-state index contributed by atoms with van der Waals surface area (Å²) in [5.41, 5.74) is 1.95. The highest BCUT2D eigenvalue weighted by Crippen LogP contribution is 2.20. The molecule has 3 nitrogen and oxygen atoms in total. The molecule has 0 aromatic carbocycles. The molecular weight excluding hydrogens is 321 g/mol. The molecule has 1 unspecified atom stereocenters. The molecule has 0 bridgehead atoms. The zero-order valence-corrected chi connectivity index (χ0v) is 12.9. The van der Waals surface area contributed by atoms with Gasteiger partial charge in [-0.2, -0.15) is 0 Å². The van der Waals surface area contributed by atoms with E-state index in [-0.39, 0.29) is 11.9 Å². The monoisotopic (exact) mass is 337 g/mol. The Balaban J connectivity index is 2.19. The van der Waals surface area contributed by atoms with Crippen LogP contribution >= 0.6 is 15.9 Å². The zero-order valence-electron chi connectivity index (χ0n) is 11.3. The maximum atomic E-state index is 13.3. The lowest BCUT2D eigenvalue weighted by Crippen LogP contribution is -2.24. The van der Waals surface area contributed by atoms with Crippen LogP contribution in [-0.2, 0) is 6.42 Å². The molecule has 5 heteroatoms. The molecule has 0 aliphatic carbocycles.